The van der Waals surface area contributed by atoms with Gasteiger partial charge in [0.2, 0.25) is 5.91 Å². The van der Waals surface area contributed by atoms with Gasteiger partial charge in [0.25, 0.3) is 0 Å². The van der Waals surface area contributed by atoms with Gasteiger partial charge in [0.05, 0.1) is 12.2 Å². The van der Waals surface area contributed by atoms with E-state index in [9.17, 15) is 14.7 Å². The highest BCUT2D eigenvalue weighted by molar-refractivity contribution is 5.97. The second-order valence-electron chi connectivity index (χ2n) is 5.23. The number of nitrogens with zero attached hydrogens (tertiary/aromatic N) is 1. The first-order valence-corrected chi connectivity index (χ1v) is 7.43. The summed E-state index contributed by atoms with van der Waals surface area (Å²) in [6, 6.07) is 4.80. The Labute approximate surface area is 136 Å². The number of unbranched alkanes of at least 4 members (excludes halogenated alkanes) is 2. The van der Waals surface area contributed by atoms with Gasteiger partial charge in [-0.15, -0.1) is 12.4 Å². The summed E-state index contributed by atoms with van der Waals surface area (Å²) < 4.78 is 5.63. The third-order valence-electron chi connectivity index (χ3n) is 3.54. The predicted molar refractivity (Wildman–Crippen MR) is 87.3 cm³/mol. The summed E-state index contributed by atoms with van der Waals surface area (Å²) in [4.78, 5) is 24.7. The van der Waals surface area contributed by atoms with Gasteiger partial charge in [-0.2, -0.15) is 0 Å². The second-order valence-corrected chi connectivity index (χ2v) is 5.23. The molecule has 0 aromatic heterocycles. The molecule has 1 aliphatic heterocycles. The van der Waals surface area contributed by atoms with Crippen molar-refractivity contribution < 1.29 is 19.4 Å². The van der Waals surface area contributed by atoms with Crippen LogP contribution in [0.25, 0.3) is 0 Å². The molecule has 2 rings (SSSR count). The molecule has 6 heteroatoms. The van der Waals surface area contributed by atoms with Gasteiger partial charge in [0.15, 0.2) is 0 Å². The molecular formula is C16H22ClNO4. The van der Waals surface area contributed by atoms with Crippen LogP contribution in [0.4, 0.5) is 5.69 Å². The first kappa shape index (κ1) is 18.3. The molecule has 1 saturated heterocycles. The number of carboxylic acid groups (broad SMARTS) is 1. The van der Waals surface area contributed by atoms with E-state index in [1.165, 1.54) is 12.1 Å². The molecule has 5 nitrogen and oxygen atoms in total. The van der Waals surface area contributed by atoms with E-state index in [2.05, 4.69) is 6.92 Å². The van der Waals surface area contributed by atoms with Gasteiger partial charge in [-0.25, -0.2) is 4.79 Å². The van der Waals surface area contributed by atoms with Gasteiger partial charge in [0, 0.05) is 24.7 Å². The van der Waals surface area contributed by atoms with Crippen molar-refractivity contribution in [1.29, 1.82) is 0 Å². The van der Waals surface area contributed by atoms with Gasteiger partial charge in [-0.1, -0.05) is 19.8 Å². The molecule has 1 aromatic rings. The third kappa shape index (κ3) is 4.63. The number of hydrogen-bond acceptors (Lipinski definition) is 3. The number of carbonyl (C=O) groups excluding carboxylic acids is 1. The Morgan fingerprint density at radius 3 is 2.68 bits per heavy atom. The number of ether oxygens (including phenoxy) is 1. The van der Waals surface area contributed by atoms with E-state index in [4.69, 9.17) is 4.74 Å². The molecule has 0 radical (unpaired) electrons. The largest absolute Gasteiger partial charge is 0.493 e. The number of halogens is 1. The molecule has 1 fully saturated rings. The molecule has 1 N–H and O–H groups in total. The number of amides is 1. The van der Waals surface area contributed by atoms with Crippen molar-refractivity contribution in [3.05, 3.63) is 23.8 Å². The maximum absolute atomic E-state index is 11.8. The van der Waals surface area contributed by atoms with Crippen molar-refractivity contribution >= 4 is 30.0 Å². The molecule has 1 amide bonds. The van der Waals surface area contributed by atoms with Crippen LogP contribution in [0.3, 0.4) is 0 Å². The minimum Gasteiger partial charge on any atom is -0.493 e. The van der Waals surface area contributed by atoms with Crippen molar-refractivity contribution in [3.8, 4) is 5.75 Å². The van der Waals surface area contributed by atoms with Crippen LogP contribution in [0.15, 0.2) is 18.2 Å². The summed E-state index contributed by atoms with van der Waals surface area (Å²) in [5, 5.41) is 9.19. The van der Waals surface area contributed by atoms with Crippen LogP contribution < -0.4 is 9.64 Å². The smallest absolute Gasteiger partial charge is 0.335 e. The first-order valence-electron chi connectivity index (χ1n) is 7.43. The minimum atomic E-state index is -1.01. The molecule has 0 saturated carbocycles. The van der Waals surface area contributed by atoms with Crippen molar-refractivity contribution in [1.82, 2.24) is 0 Å². The zero-order valence-corrected chi connectivity index (χ0v) is 13.5. The van der Waals surface area contributed by atoms with Crippen LogP contribution in [0, 0.1) is 0 Å². The Hall–Kier alpha value is -1.75. The van der Waals surface area contributed by atoms with Crippen LogP contribution >= 0.6 is 12.4 Å². The molecule has 0 bridgehead atoms. The Kier molecular flexibility index (Phi) is 7.18. The fourth-order valence-corrected chi connectivity index (χ4v) is 2.41. The molecule has 22 heavy (non-hydrogen) atoms. The van der Waals surface area contributed by atoms with Crippen molar-refractivity contribution in [3.63, 3.8) is 0 Å². The summed E-state index contributed by atoms with van der Waals surface area (Å²) in [7, 11) is 0. The van der Waals surface area contributed by atoms with Gasteiger partial charge in [-0.3, -0.25) is 4.79 Å². The van der Waals surface area contributed by atoms with Crippen LogP contribution in [0.1, 0.15) is 49.4 Å². The van der Waals surface area contributed by atoms with E-state index >= 15 is 0 Å². The number of carbonyl (C=O) groups is 2. The lowest BCUT2D eigenvalue weighted by molar-refractivity contribution is -0.117. The lowest BCUT2D eigenvalue weighted by Crippen LogP contribution is -2.24. The zero-order chi connectivity index (χ0) is 15.2. The number of carboxylic acids is 1. The molecule has 0 aliphatic carbocycles. The predicted octanol–water partition coefficient (Wildman–Crippen LogP) is 3.50. The second kappa shape index (κ2) is 8.63. The first-order chi connectivity index (χ1) is 10.1. The van der Waals surface area contributed by atoms with E-state index < -0.39 is 5.97 Å². The molecule has 1 aromatic carbocycles. The van der Waals surface area contributed by atoms with Crippen LogP contribution in [0.5, 0.6) is 5.75 Å². The van der Waals surface area contributed by atoms with E-state index in [0.29, 0.717) is 31.0 Å². The molecule has 1 aliphatic rings. The van der Waals surface area contributed by atoms with Crippen LogP contribution in [-0.4, -0.2) is 30.1 Å². The van der Waals surface area contributed by atoms with Gasteiger partial charge in [-0.05, 0) is 25.0 Å². The van der Waals surface area contributed by atoms with E-state index in [-0.39, 0.29) is 23.9 Å². The maximum atomic E-state index is 11.8. The lowest BCUT2D eigenvalue weighted by Gasteiger charge is -2.18. The number of aromatic carboxylic acids is 1. The lowest BCUT2D eigenvalue weighted by atomic mass is 10.1. The van der Waals surface area contributed by atoms with Crippen LogP contribution in [0.2, 0.25) is 0 Å². The van der Waals surface area contributed by atoms with Crippen molar-refractivity contribution in [2.45, 2.75) is 39.0 Å². The topological polar surface area (TPSA) is 66.8 Å². The fourth-order valence-electron chi connectivity index (χ4n) is 2.41. The average molecular weight is 328 g/mol. The number of anilines is 1. The third-order valence-corrected chi connectivity index (χ3v) is 3.54. The van der Waals surface area contributed by atoms with Crippen LogP contribution in [-0.2, 0) is 4.79 Å². The van der Waals surface area contributed by atoms with E-state index in [1.807, 2.05) is 0 Å². The maximum Gasteiger partial charge on any atom is 0.335 e. The normalized spacial score (nSPS) is 13.9. The minimum absolute atomic E-state index is 0. The number of hydrogen-bond donors (Lipinski definition) is 1. The standard InChI is InChI=1S/C16H21NO4.ClH/c1-2-3-4-8-21-14-10-12(16(19)20)9-13(11-14)17-7-5-6-15(17)18;/h9-11H,2-8H2,1H3,(H,19,20);1H. The summed E-state index contributed by atoms with van der Waals surface area (Å²) in [5.41, 5.74) is 0.764. The number of benzene rings is 1. The molecule has 0 atom stereocenters. The summed E-state index contributed by atoms with van der Waals surface area (Å²) >= 11 is 0. The Morgan fingerprint density at radius 1 is 1.32 bits per heavy atom. The summed E-state index contributed by atoms with van der Waals surface area (Å²) in [6.45, 7) is 3.31. The van der Waals surface area contributed by atoms with E-state index in [0.717, 1.165) is 25.7 Å². The quantitative estimate of drug-likeness (QED) is 0.778. The Balaban J connectivity index is 0.00000242. The van der Waals surface area contributed by atoms with Gasteiger partial charge >= 0.3 is 5.97 Å². The van der Waals surface area contributed by atoms with Gasteiger partial charge < -0.3 is 14.7 Å². The Morgan fingerprint density at radius 2 is 2.09 bits per heavy atom. The molecular weight excluding hydrogens is 306 g/mol. The SMILES string of the molecule is CCCCCOc1cc(C(=O)O)cc(N2CCCC2=O)c1.Cl. The van der Waals surface area contributed by atoms with Crippen molar-refractivity contribution in [2.24, 2.45) is 0 Å². The van der Waals surface area contributed by atoms with Gasteiger partial charge in [0.1, 0.15) is 5.75 Å². The average Bonchev–Trinajstić information content (AvgIpc) is 2.89. The monoisotopic (exact) mass is 327 g/mol. The number of rotatable bonds is 7. The molecule has 1 heterocycles. The highest BCUT2D eigenvalue weighted by Gasteiger charge is 2.23. The highest BCUT2D eigenvalue weighted by Crippen LogP contribution is 2.28. The molecule has 122 valence electrons. The molecule has 0 unspecified atom stereocenters. The summed E-state index contributed by atoms with van der Waals surface area (Å²) in [6.07, 6.45) is 4.45. The van der Waals surface area contributed by atoms with E-state index in [1.54, 1.807) is 11.0 Å². The Bertz CT molecular complexity index is 533. The molecule has 0 spiro atoms. The fraction of sp³-hybridized carbons (Fsp3) is 0.500. The highest BCUT2D eigenvalue weighted by atomic mass is 35.5. The summed E-state index contributed by atoms with van der Waals surface area (Å²) in [5.74, 6) is -0.461. The zero-order valence-electron chi connectivity index (χ0n) is 12.7. The van der Waals surface area contributed by atoms with Crippen molar-refractivity contribution in [2.75, 3.05) is 18.1 Å².